The van der Waals surface area contributed by atoms with Gasteiger partial charge in [-0.25, -0.2) is 0 Å². The third kappa shape index (κ3) is 11.5. The smallest absolute Gasteiger partial charge is 0.335 e. The van der Waals surface area contributed by atoms with Gasteiger partial charge in [-0.15, -0.1) is 0 Å². The quantitative estimate of drug-likeness (QED) is 0.535. The van der Waals surface area contributed by atoms with Crippen LogP contribution < -0.4 is 0 Å². The minimum Gasteiger partial charge on any atom is -0.394 e. The van der Waals surface area contributed by atoms with E-state index >= 15 is 0 Å². The van der Waals surface area contributed by atoms with E-state index in [0.717, 1.165) is 12.1 Å². The van der Waals surface area contributed by atoms with Gasteiger partial charge in [0.15, 0.2) is 0 Å². The van der Waals surface area contributed by atoms with E-state index in [1.54, 1.807) is 0 Å². The average Bonchev–Trinajstić information content (AvgIpc) is 2.21. The first-order chi connectivity index (χ1) is 9.54. The first kappa shape index (κ1) is 21.3. The summed E-state index contributed by atoms with van der Waals surface area (Å²) in [5, 5.41) is 0. The Bertz CT molecular complexity index is 250. The largest absolute Gasteiger partial charge is 0.394 e. The fraction of sp³-hybridized carbons (Fsp3) is 1.00. The molecule has 128 valence electrons. The first-order valence-corrected chi connectivity index (χ1v) is 12.5. The van der Waals surface area contributed by atoms with Crippen molar-refractivity contribution >= 4 is 17.8 Å². The van der Waals surface area contributed by atoms with Crippen LogP contribution >= 0.6 is 0 Å². The monoisotopic (exact) mass is 336 g/mol. The van der Waals surface area contributed by atoms with Crippen LogP contribution in [0.15, 0.2) is 0 Å². The van der Waals surface area contributed by atoms with Gasteiger partial charge in [0, 0.05) is 24.4 Å². The zero-order chi connectivity index (χ0) is 16.6. The van der Waals surface area contributed by atoms with Crippen LogP contribution in [0.4, 0.5) is 0 Å². The molecule has 0 heterocycles. The van der Waals surface area contributed by atoms with Crippen molar-refractivity contribution in [3.05, 3.63) is 0 Å². The third-order valence-corrected chi connectivity index (χ3v) is 8.82. The van der Waals surface area contributed by atoms with E-state index in [2.05, 4.69) is 61.9 Å². The maximum Gasteiger partial charge on any atom is 0.335 e. The molecule has 0 radical (unpaired) electrons. The second-order valence-corrected chi connectivity index (χ2v) is 12.0. The molecule has 0 unspecified atom stereocenters. The fourth-order valence-electron chi connectivity index (χ4n) is 2.30. The van der Waals surface area contributed by atoms with Gasteiger partial charge >= 0.3 is 17.8 Å². The second-order valence-electron chi connectivity index (χ2n) is 6.80. The molecule has 0 aromatic carbocycles. The van der Waals surface area contributed by atoms with Crippen LogP contribution in [-0.4, -0.2) is 42.3 Å². The lowest BCUT2D eigenvalue weighted by molar-refractivity contribution is 0.106. The van der Waals surface area contributed by atoms with Crippen LogP contribution in [0, 0.1) is 0 Å². The van der Waals surface area contributed by atoms with E-state index in [1.807, 2.05) is 0 Å². The molecular formula is C15H36O4Si2. The molecule has 0 saturated carbocycles. The molecule has 0 aromatic heterocycles. The Morgan fingerprint density at radius 1 is 0.714 bits per heavy atom. The van der Waals surface area contributed by atoms with E-state index in [9.17, 15) is 0 Å². The Kier molecular flexibility index (Phi) is 10.3. The normalized spacial score (nSPS) is 13.4. The van der Waals surface area contributed by atoms with Crippen LogP contribution in [0.2, 0.25) is 18.6 Å². The second kappa shape index (κ2) is 10.1. The van der Waals surface area contributed by atoms with E-state index in [1.165, 1.54) is 0 Å². The van der Waals surface area contributed by atoms with Gasteiger partial charge in [0.05, 0.1) is 0 Å². The van der Waals surface area contributed by atoms with Gasteiger partial charge in [-0.2, -0.15) is 0 Å². The first-order valence-electron chi connectivity index (χ1n) is 8.20. The third-order valence-electron chi connectivity index (χ3n) is 2.65. The zero-order valence-corrected chi connectivity index (χ0v) is 17.6. The van der Waals surface area contributed by atoms with Crippen LogP contribution in [0.25, 0.3) is 0 Å². The highest BCUT2D eigenvalue weighted by atomic mass is 28.4. The van der Waals surface area contributed by atoms with Crippen LogP contribution in [-0.2, 0) is 17.7 Å². The summed E-state index contributed by atoms with van der Waals surface area (Å²) in [5.41, 5.74) is 0. The molecule has 0 aromatic rings. The summed E-state index contributed by atoms with van der Waals surface area (Å²) in [6.45, 7) is 18.7. The number of rotatable bonds is 11. The van der Waals surface area contributed by atoms with E-state index in [0.29, 0.717) is 0 Å². The highest BCUT2D eigenvalue weighted by molar-refractivity contribution is 6.67. The molecule has 6 heteroatoms. The minimum atomic E-state index is -2.17. The maximum atomic E-state index is 6.14. The van der Waals surface area contributed by atoms with Crippen LogP contribution in [0.1, 0.15) is 55.4 Å². The van der Waals surface area contributed by atoms with Crippen molar-refractivity contribution in [3.8, 4) is 0 Å². The van der Waals surface area contributed by atoms with Crippen molar-refractivity contribution in [3.63, 3.8) is 0 Å². The molecule has 0 rings (SSSR count). The van der Waals surface area contributed by atoms with Gasteiger partial charge in [0.25, 0.3) is 0 Å². The van der Waals surface area contributed by atoms with E-state index < -0.39 is 17.8 Å². The molecule has 0 saturated heterocycles. The van der Waals surface area contributed by atoms with Gasteiger partial charge in [0.1, 0.15) is 0 Å². The minimum absolute atomic E-state index is 0.192. The molecule has 0 N–H and O–H groups in total. The molecule has 0 fully saturated rings. The van der Waals surface area contributed by atoms with Crippen LogP contribution in [0.5, 0.6) is 0 Å². The topological polar surface area (TPSA) is 36.9 Å². The molecule has 21 heavy (non-hydrogen) atoms. The van der Waals surface area contributed by atoms with Crippen molar-refractivity contribution < 1.29 is 17.7 Å². The summed E-state index contributed by atoms with van der Waals surface area (Å²) in [6, 6.07) is 1.87. The van der Waals surface area contributed by atoms with Crippen molar-refractivity contribution in [2.45, 2.75) is 98.4 Å². The summed E-state index contributed by atoms with van der Waals surface area (Å²) in [4.78, 5) is 0. The standard InChI is InChI=1S/C15H36O4Si2/c1-12(2)16-20(17-13(3)4)10-11-21(9,18-14(5)6)19-15(7)8/h12-15,20H,10-11H2,1-9H3. The molecule has 4 nitrogen and oxygen atoms in total. The maximum absolute atomic E-state index is 6.14. The Morgan fingerprint density at radius 2 is 1.10 bits per heavy atom. The Hall–Kier alpha value is 0.274. The van der Waals surface area contributed by atoms with Crippen molar-refractivity contribution in [2.75, 3.05) is 0 Å². The summed E-state index contributed by atoms with van der Waals surface area (Å²) < 4.78 is 24.3. The summed E-state index contributed by atoms with van der Waals surface area (Å²) in [5.74, 6) is 0. The Labute approximate surface area is 134 Å². The Morgan fingerprint density at radius 3 is 1.38 bits per heavy atom. The summed E-state index contributed by atoms with van der Waals surface area (Å²) in [6.07, 6.45) is 0.811. The molecule has 0 amide bonds. The predicted octanol–water partition coefficient (Wildman–Crippen LogP) is 3.98. The van der Waals surface area contributed by atoms with Crippen molar-refractivity contribution in [1.29, 1.82) is 0 Å². The van der Waals surface area contributed by atoms with Gasteiger partial charge in [-0.3, -0.25) is 0 Å². The Balaban J connectivity index is 4.65. The van der Waals surface area contributed by atoms with E-state index in [4.69, 9.17) is 17.7 Å². The lowest BCUT2D eigenvalue weighted by Gasteiger charge is -2.32. The average molecular weight is 337 g/mol. The summed E-state index contributed by atoms with van der Waals surface area (Å²) >= 11 is 0. The van der Waals surface area contributed by atoms with Crippen molar-refractivity contribution in [1.82, 2.24) is 0 Å². The molecule has 0 bridgehead atoms. The molecule has 0 atom stereocenters. The van der Waals surface area contributed by atoms with Gasteiger partial charge in [-0.05, 0) is 74.0 Å². The highest BCUT2D eigenvalue weighted by Crippen LogP contribution is 2.22. The highest BCUT2D eigenvalue weighted by Gasteiger charge is 2.35. The molecular weight excluding hydrogens is 300 g/mol. The fourth-order valence-corrected chi connectivity index (χ4v) is 9.17. The lowest BCUT2D eigenvalue weighted by Crippen LogP contribution is -2.44. The van der Waals surface area contributed by atoms with Crippen molar-refractivity contribution in [2.24, 2.45) is 0 Å². The molecule has 0 aliphatic carbocycles. The molecule has 0 spiro atoms. The zero-order valence-electron chi connectivity index (χ0n) is 15.4. The number of hydrogen-bond donors (Lipinski definition) is 0. The lowest BCUT2D eigenvalue weighted by atomic mass is 10.5. The summed E-state index contributed by atoms with van der Waals surface area (Å²) in [7, 11) is -3.83. The van der Waals surface area contributed by atoms with Gasteiger partial charge < -0.3 is 17.7 Å². The van der Waals surface area contributed by atoms with Crippen LogP contribution in [0.3, 0.4) is 0 Å². The molecule has 0 aliphatic rings. The SMILES string of the molecule is CC(C)O[SiH](CC[Si](C)(OC(C)C)OC(C)C)OC(C)C. The number of hydrogen-bond acceptors (Lipinski definition) is 4. The predicted molar refractivity (Wildman–Crippen MR) is 93.3 cm³/mol. The van der Waals surface area contributed by atoms with Gasteiger partial charge in [0.2, 0.25) is 0 Å². The van der Waals surface area contributed by atoms with E-state index in [-0.39, 0.29) is 24.4 Å². The molecule has 0 aliphatic heterocycles. The van der Waals surface area contributed by atoms with Gasteiger partial charge in [-0.1, -0.05) is 0 Å².